The van der Waals surface area contributed by atoms with Gasteiger partial charge in [-0.3, -0.25) is 4.79 Å². The van der Waals surface area contributed by atoms with Crippen molar-refractivity contribution in [2.75, 3.05) is 50.7 Å². The number of quaternary nitrogens is 1. The first kappa shape index (κ1) is 20.9. The molecule has 2 N–H and O–H groups in total. The molecule has 2 aromatic rings. The molecule has 28 heavy (non-hydrogen) atoms. The van der Waals surface area contributed by atoms with Gasteiger partial charge in [0, 0.05) is 41.5 Å². The highest BCUT2D eigenvalue weighted by atomic mass is 35.5. The number of nitrogen functional groups attached to an aromatic ring is 1. The van der Waals surface area contributed by atoms with Gasteiger partial charge in [-0.15, -0.1) is 11.6 Å². The van der Waals surface area contributed by atoms with E-state index in [4.69, 9.17) is 17.3 Å². The summed E-state index contributed by atoms with van der Waals surface area (Å²) >= 11 is 6.27. The molecule has 0 aliphatic carbocycles. The highest BCUT2D eigenvalue weighted by Crippen LogP contribution is 2.44. The Labute approximate surface area is 173 Å². The number of rotatable bonds is 8. The smallest absolute Gasteiger partial charge is 0.227 e. The summed E-state index contributed by atoms with van der Waals surface area (Å²) in [4.78, 5) is 14.9. The molecular formula is C23H33ClN3O+. The lowest BCUT2D eigenvalue weighted by Crippen LogP contribution is -2.35. The highest BCUT2D eigenvalue weighted by Gasteiger charge is 2.33. The summed E-state index contributed by atoms with van der Waals surface area (Å²) in [7, 11) is 6.66. The number of halogens is 1. The summed E-state index contributed by atoms with van der Waals surface area (Å²) < 4.78 is 0.999. The molecule has 152 valence electrons. The number of hydrogen-bond acceptors (Lipinski definition) is 2. The van der Waals surface area contributed by atoms with Gasteiger partial charge in [0.25, 0.3) is 0 Å². The Kier molecular flexibility index (Phi) is 6.51. The molecule has 1 amide bonds. The van der Waals surface area contributed by atoms with Crippen LogP contribution < -0.4 is 10.6 Å². The fourth-order valence-corrected chi connectivity index (χ4v) is 4.44. The average molecular weight is 403 g/mol. The van der Waals surface area contributed by atoms with Crippen LogP contribution in [0.2, 0.25) is 0 Å². The number of amides is 1. The van der Waals surface area contributed by atoms with Crippen LogP contribution in [0, 0.1) is 0 Å². The van der Waals surface area contributed by atoms with Crippen molar-refractivity contribution in [2.24, 2.45) is 0 Å². The van der Waals surface area contributed by atoms with Gasteiger partial charge in [0.15, 0.2) is 0 Å². The molecule has 5 heteroatoms. The molecule has 3 rings (SSSR count). The number of hydrogen-bond donors (Lipinski definition) is 1. The van der Waals surface area contributed by atoms with Gasteiger partial charge in [0.1, 0.15) is 0 Å². The second-order valence-electron chi connectivity index (χ2n) is 8.98. The Balaban J connectivity index is 1.67. The maximum atomic E-state index is 12.9. The largest absolute Gasteiger partial charge is 0.398 e. The number of nitrogens with two attached hydrogens (primary N) is 1. The zero-order valence-electron chi connectivity index (χ0n) is 17.4. The lowest BCUT2D eigenvalue weighted by Gasteiger charge is -2.23. The second kappa shape index (κ2) is 8.71. The third kappa shape index (κ3) is 4.61. The van der Waals surface area contributed by atoms with E-state index in [0.717, 1.165) is 39.5 Å². The molecule has 2 aromatic carbocycles. The number of alkyl halides is 1. The van der Waals surface area contributed by atoms with Crippen LogP contribution in [0.5, 0.6) is 0 Å². The zero-order valence-corrected chi connectivity index (χ0v) is 18.1. The zero-order chi connectivity index (χ0) is 20.3. The van der Waals surface area contributed by atoms with E-state index in [1.165, 1.54) is 24.9 Å². The molecule has 1 unspecified atom stereocenters. The van der Waals surface area contributed by atoms with Crippen molar-refractivity contribution < 1.29 is 9.28 Å². The van der Waals surface area contributed by atoms with E-state index in [1.54, 1.807) is 0 Å². The Morgan fingerprint density at radius 3 is 2.50 bits per heavy atom. The number of fused-ring (bicyclic) bond motifs is 3. The Bertz CT molecular complexity index is 844. The quantitative estimate of drug-likeness (QED) is 0.300. The summed E-state index contributed by atoms with van der Waals surface area (Å²) in [6, 6.07) is 10.1. The first-order valence-corrected chi connectivity index (χ1v) is 10.8. The van der Waals surface area contributed by atoms with E-state index in [9.17, 15) is 4.79 Å². The van der Waals surface area contributed by atoms with Crippen molar-refractivity contribution in [1.82, 2.24) is 0 Å². The minimum atomic E-state index is 0.163. The van der Waals surface area contributed by atoms with Gasteiger partial charge in [-0.25, -0.2) is 0 Å². The molecule has 1 aliphatic heterocycles. The van der Waals surface area contributed by atoms with Crippen LogP contribution in [0.25, 0.3) is 10.8 Å². The van der Waals surface area contributed by atoms with Gasteiger partial charge in [-0.1, -0.05) is 30.7 Å². The van der Waals surface area contributed by atoms with E-state index in [-0.39, 0.29) is 11.8 Å². The van der Waals surface area contributed by atoms with Gasteiger partial charge in [-0.2, -0.15) is 0 Å². The molecule has 4 nitrogen and oxygen atoms in total. The minimum absolute atomic E-state index is 0.163. The van der Waals surface area contributed by atoms with Crippen molar-refractivity contribution in [1.29, 1.82) is 0 Å². The molecule has 0 bridgehead atoms. The van der Waals surface area contributed by atoms with E-state index < -0.39 is 0 Å². The summed E-state index contributed by atoms with van der Waals surface area (Å²) in [6.07, 6.45) is 5.02. The standard InChI is InChI=1S/C23H33ClN3O/c1-27(2,3)13-9-5-4-6-12-22(28)26-16-17(15-24)23-19-11-8-7-10-18(19)20(25)14-21(23)26/h7-8,10-11,14,17H,4-6,9,12-13,15-16,25H2,1-3H3/q+1. The van der Waals surface area contributed by atoms with Crippen LogP contribution in [0.15, 0.2) is 30.3 Å². The Morgan fingerprint density at radius 2 is 1.82 bits per heavy atom. The van der Waals surface area contributed by atoms with Gasteiger partial charge in [0.2, 0.25) is 5.91 Å². The van der Waals surface area contributed by atoms with Crippen LogP contribution in [0.4, 0.5) is 11.4 Å². The van der Waals surface area contributed by atoms with Crippen LogP contribution in [-0.2, 0) is 4.79 Å². The van der Waals surface area contributed by atoms with Crippen LogP contribution in [0.1, 0.15) is 43.6 Å². The lowest BCUT2D eigenvalue weighted by atomic mass is 9.95. The van der Waals surface area contributed by atoms with Gasteiger partial charge in [0.05, 0.1) is 27.7 Å². The topological polar surface area (TPSA) is 46.3 Å². The van der Waals surface area contributed by atoms with Crippen LogP contribution in [-0.4, -0.2) is 50.5 Å². The van der Waals surface area contributed by atoms with Crippen molar-refractivity contribution >= 4 is 39.7 Å². The fourth-order valence-electron chi connectivity index (χ4n) is 4.19. The number of benzene rings is 2. The van der Waals surface area contributed by atoms with E-state index in [0.29, 0.717) is 18.8 Å². The Morgan fingerprint density at radius 1 is 1.14 bits per heavy atom. The Hall–Kier alpha value is -1.78. The normalized spacial score (nSPS) is 16.6. The summed E-state index contributed by atoms with van der Waals surface area (Å²) in [5.74, 6) is 0.862. The van der Waals surface area contributed by atoms with Crippen LogP contribution >= 0.6 is 11.6 Å². The molecule has 1 aliphatic rings. The maximum absolute atomic E-state index is 12.9. The predicted octanol–water partition coefficient (Wildman–Crippen LogP) is 4.75. The third-order valence-electron chi connectivity index (χ3n) is 5.66. The molecule has 0 radical (unpaired) electrons. The van der Waals surface area contributed by atoms with Crippen molar-refractivity contribution in [3.8, 4) is 0 Å². The number of carbonyl (C=O) groups excluding carboxylic acids is 1. The van der Waals surface area contributed by atoms with Gasteiger partial charge < -0.3 is 15.1 Å². The summed E-state index contributed by atoms with van der Waals surface area (Å²) in [5.41, 5.74) is 9.15. The summed E-state index contributed by atoms with van der Waals surface area (Å²) in [5, 5.41) is 2.17. The van der Waals surface area contributed by atoms with Gasteiger partial charge in [-0.05, 0) is 36.3 Å². The molecule has 0 spiro atoms. The number of unbranched alkanes of at least 4 members (excludes halogenated alkanes) is 3. The van der Waals surface area contributed by atoms with Crippen molar-refractivity contribution in [2.45, 2.75) is 38.0 Å². The lowest BCUT2D eigenvalue weighted by molar-refractivity contribution is -0.870. The molecular weight excluding hydrogens is 370 g/mol. The monoisotopic (exact) mass is 402 g/mol. The second-order valence-corrected chi connectivity index (χ2v) is 9.29. The summed E-state index contributed by atoms with van der Waals surface area (Å²) in [6.45, 7) is 1.84. The van der Waals surface area contributed by atoms with Crippen LogP contribution in [0.3, 0.4) is 0 Å². The van der Waals surface area contributed by atoms with Gasteiger partial charge >= 0.3 is 0 Å². The molecule has 1 heterocycles. The van der Waals surface area contributed by atoms with Crippen molar-refractivity contribution in [3.05, 3.63) is 35.9 Å². The molecule has 0 saturated heterocycles. The predicted molar refractivity (Wildman–Crippen MR) is 120 cm³/mol. The highest BCUT2D eigenvalue weighted by molar-refractivity contribution is 6.19. The molecule has 0 aromatic heterocycles. The number of carbonyl (C=O) groups is 1. The molecule has 1 atom stereocenters. The van der Waals surface area contributed by atoms with E-state index in [1.807, 2.05) is 29.2 Å². The van der Waals surface area contributed by atoms with E-state index >= 15 is 0 Å². The fraction of sp³-hybridized carbons (Fsp3) is 0.522. The SMILES string of the molecule is C[N+](C)(C)CCCCCCC(=O)N1CC(CCl)c2c1cc(N)c1ccccc21. The maximum Gasteiger partial charge on any atom is 0.227 e. The minimum Gasteiger partial charge on any atom is -0.398 e. The first-order valence-electron chi connectivity index (χ1n) is 10.3. The van der Waals surface area contributed by atoms with E-state index in [2.05, 4.69) is 27.2 Å². The van der Waals surface area contributed by atoms with Crippen molar-refractivity contribution in [3.63, 3.8) is 0 Å². The number of anilines is 2. The first-order chi connectivity index (χ1) is 13.3. The molecule has 0 saturated carbocycles. The third-order valence-corrected chi connectivity index (χ3v) is 6.03. The number of nitrogens with zero attached hydrogens (tertiary/aromatic N) is 2. The average Bonchev–Trinajstić information content (AvgIpc) is 3.02. The molecule has 0 fully saturated rings.